The molecule has 0 bridgehead atoms. The van der Waals surface area contributed by atoms with Crippen LogP contribution >= 0.6 is 28.1 Å². The predicted molar refractivity (Wildman–Crippen MR) is 93.4 cm³/mol. The van der Waals surface area contributed by atoms with E-state index in [9.17, 15) is 0 Å². The monoisotopic (exact) mass is 355 g/mol. The van der Waals surface area contributed by atoms with Crippen LogP contribution in [0.5, 0.6) is 0 Å². The van der Waals surface area contributed by atoms with Gasteiger partial charge in [-0.05, 0) is 66.5 Å². The van der Waals surface area contributed by atoms with Crippen LogP contribution in [0.4, 0.5) is 5.69 Å². The van der Waals surface area contributed by atoms with Gasteiger partial charge in [-0.2, -0.15) is 0 Å². The highest BCUT2D eigenvalue weighted by molar-refractivity contribution is 9.10. The molecule has 5 heteroatoms. The van der Waals surface area contributed by atoms with Crippen molar-refractivity contribution in [3.05, 3.63) is 28.2 Å². The number of anilines is 1. The molecule has 0 aromatic heterocycles. The summed E-state index contributed by atoms with van der Waals surface area (Å²) in [6, 6.07) is 6.01. The summed E-state index contributed by atoms with van der Waals surface area (Å²) in [5.41, 5.74) is 8.09. The normalized spacial score (nSPS) is 18.8. The van der Waals surface area contributed by atoms with Crippen molar-refractivity contribution in [2.45, 2.75) is 19.8 Å². The zero-order valence-corrected chi connectivity index (χ0v) is 14.5. The Morgan fingerprint density at radius 2 is 2.10 bits per heavy atom. The molecular formula is C15H22BrN3S. The summed E-state index contributed by atoms with van der Waals surface area (Å²) in [6.45, 7) is 5.63. The maximum absolute atomic E-state index is 5.83. The Balaban J connectivity index is 2.08. The summed E-state index contributed by atoms with van der Waals surface area (Å²) in [5, 5.41) is 3.54. The molecule has 1 aromatic carbocycles. The Kier molecular flexibility index (Phi) is 5.04. The lowest BCUT2D eigenvalue weighted by Gasteiger charge is -2.38. The van der Waals surface area contributed by atoms with Crippen LogP contribution < -0.4 is 11.1 Å². The molecule has 1 aliphatic rings. The molecule has 1 saturated heterocycles. The molecule has 110 valence electrons. The third-order valence-corrected chi connectivity index (χ3v) is 5.02. The molecule has 1 fully saturated rings. The zero-order valence-electron chi connectivity index (χ0n) is 12.1. The van der Waals surface area contributed by atoms with Gasteiger partial charge in [0.15, 0.2) is 0 Å². The smallest absolute Gasteiger partial charge is 0.107 e. The average molecular weight is 356 g/mol. The summed E-state index contributed by atoms with van der Waals surface area (Å²) < 4.78 is 0.948. The van der Waals surface area contributed by atoms with Crippen molar-refractivity contribution >= 4 is 38.8 Å². The molecule has 0 radical (unpaired) electrons. The van der Waals surface area contributed by atoms with Gasteiger partial charge in [-0.3, -0.25) is 0 Å². The van der Waals surface area contributed by atoms with Gasteiger partial charge in [0.25, 0.3) is 0 Å². The quantitative estimate of drug-likeness (QED) is 0.813. The van der Waals surface area contributed by atoms with Gasteiger partial charge in [-0.25, -0.2) is 0 Å². The van der Waals surface area contributed by atoms with Crippen molar-refractivity contribution in [2.24, 2.45) is 11.1 Å². The first-order chi connectivity index (χ1) is 9.41. The molecule has 20 heavy (non-hydrogen) atoms. The molecule has 0 spiro atoms. The van der Waals surface area contributed by atoms with Gasteiger partial charge in [-0.15, -0.1) is 0 Å². The van der Waals surface area contributed by atoms with Gasteiger partial charge in [0, 0.05) is 22.3 Å². The summed E-state index contributed by atoms with van der Waals surface area (Å²) in [7, 11) is 2.19. The van der Waals surface area contributed by atoms with Crippen LogP contribution in [0.15, 0.2) is 22.7 Å². The fraction of sp³-hybridized carbons (Fsp3) is 0.533. The number of nitrogens with zero attached hydrogens (tertiary/aromatic N) is 1. The highest BCUT2D eigenvalue weighted by atomic mass is 79.9. The number of halogens is 1. The van der Waals surface area contributed by atoms with Crippen LogP contribution in [0.25, 0.3) is 0 Å². The molecule has 1 aliphatic heterocycles. The molecule has 0 atom stereocenters. The lowest BCUT2D eigenvalue weighted by atomic mass is 9.80. The third kappa shape index (κ3) is 3.71. The average Bonchev–Trinajstić information content (AvgIpc) is 2.40. The number of nitrogens with two attached hydrogens (primary N) is 1. The zero-order chi connectivity index (χ0) is 14.8. The molecule has 3 N–H and O–H groups in total. The minimum Gasteiger partial charge on any atom is -0.389 e. The summed E-state index contributed by atoms with van der Waals surface area (Å²) in [4.78, 5) is 2.81. The number of rotatable bonds is 4. The minimum atomic E-state index is 0.336. The summed E-state index contributed by atoms with van der Waals surface area (Å²) in [6.07, 6.45) is 2.43. The Bertz CT molecular complexity index is 496. The topological polar surface area (TPSA) is 41.3 Å². The Labute approximate surface area is 135 Å². The molecule has 2 rings (SSSR count). The molecule has 1 heterocycles. The number of benzene rings is 1. The molecule has 0 unspecified atom stereocenters. The number of thiocarbonyl (C=S) groups is 1. The first-order valence-corrected chi connectivity index (χ1v) is 8.12. The van der Waals surface area contributed by atoms with E-state index in [0.717, 1.165) is 22.3 Å². The molecule has 0 amide bonds. The second-order valence-corrected chi connectivity index (χ2v) is 7.29. The van der Waals surface area contributed by atoms with E-state index in [0.29, 0.717) is 10.4 Å². The van der Waals surface area contributed by atoms with E-state index >= 15 is 0 Å². The van der Waals surface area contributed by atoms with Gasteiger partial charge >= 0.3 is 0 Å². The highest BCUT2D eigenvalue weighted by Crippen LogP contribution is 2.32. The number of nitrogens with one attached hydrogen (secondary N) is 1. The number of likely N-dealkylation sites (tertiary alicyclic amines) is 1. The van der Waals surface area contributed by atoms with E-state index in [1.807, 2.05) is 18.2 Å². The number of piperidine rings is 1. The molecule has 0 saturated carbocycles. The maximum atomic E-state index is 5.83. The van der Waals surface area contributed by atoms with Gasteiger partial charge in [-0.1, -0.05) is 25.2 Å². The Hall–Kier alpha value is -0.650. The largest absolute Gasteiger partial charge is 0.389 e. The van der Waals surface area contributed by atoms with Gasteiger partial charge in [0.05, 0.1) is 0 Å². The molecular weight excluding hydrogens is 334 g/mol. The standard InChI is InChI=1S/C15H22BrN3S/c1-15(6-8-19(2)9-7-15)10-18-12-5-3-4-11(16)13(12)14(17)20/h3-5,18H,6-10H2,1-2H3,(H2,17,20). The van der Waals surface area contributed by atoms with Crippen LogP contribution in [0.3, 0.4) is 0 Å². The van der Waals surface area contributed by atoms with E-state index < -0.39 is 0 Å². The summed E-state index contributed by atoms with van der Waals surface area (Å²) in [5.74, 6) is 0. The Morgan fingerprint density at radius 1 is 1.45 bits per heavy atom. The fourth-order valence-corrected chi connectivity index (χ4v) is 3.50. The number of hydrogen-bond donors (Lipinski definition) is 2. The van der Waals surface area contributed by atoms with E-state index in [1.165, 1.54) is 25.9 Å². The van der Waals surface area contributed by atoms with Crippen LogP contribution in [-0.2, 0) is 0 Å². The minimum absolute atomic E-state index is 0.336. The van der Waals surface area contributed by atoms with Crippen molar-refractivity contribution in [3.8, 4) is 0 Å². The van der Waals surface area contributed by atoms with Crippen LogP contribution in [0, 0.1) is 5.41 Å². The SMILES string of the molecule is CN1CCC(C)(CNc2cccc(Br)c2C(N)=S)CC1. The lowest BCUT2D eigenvalue weighted by Crippen LogP contribution is -2.40. The summed E-state index contributed by atoms with van der Waals surface area (Å²) >= 11 is 8.67. The van der Waals surface area contributed by atoms with Crippen LogP contribution in [-0.4, -0.2) is 36.6 Å². The van der Waals surface area contributed by atoms with E-state index in [2.05, 4.69) is 40.1 Å². The van der Waals surface area contributed by atoms with E-state index in [-0.39, 0.29) is 0 Å². The van der Waals surface area contributed by atoms with Gasteiger partial charge < -0.3 is 16.0 Å². The molecule has 0 aliphatic carbocycles. The van der Waals surface area contributed by atoms with Gasteiger partial charge in [0.1, 0.15) is 4.99 Å². The second kappa shape index (κ2) is 6.41. The number of hydrogen-bond acceptors (Lipinski definition) is 3. The molecule has 1 aromatic rings. The second-order valence-electron chi connectivity index (χ2n) is 5.99. The third-order valence-electron chi connectivity index (χ3n) is 4.16. The van der Waals surface area contributed by atoms with Crippen molar-refractivity contribution < 1.29 is 0 Å². The fourth-order valence-electron chi connectivity index (χ4n) is 2.57. The van der Waals surface area contributed by atoms with Crippen LogP contribution in [0.2, 0.25) is 0 Å². The van der Waals surface area contributed by atoms with Crippen molar-refractivity contribution in [1.29, 1.82) is 0 Å². The van der Waals surface area contributed by atoms with Gasteiger partial charge in [0.2, 0.25) is 0 Å². The lowest BCUT2D eigenvalue weighted by molar-refractivity contribution is 0.150. The first-order valence-electron chi connectivity index (χ1n) is 6.92. The van der Waals surface area contributed by atoms with E-state index in [4.69, 9.17) is 18.0 Å². The van der Waals surface area contributed by atoms with Crippen molar-refractivity contribution in [1.82, 2.24) is 4.90 Å². The highest BCUT2D eigenvalue weighted by Gasteiger charge is 2.28. The predicted octanol–water partition coefficient (Wildman–Crippen LogP) is 3.23. The van der Waals surface area contributed by atoms with Crippen molar-refractivity contribution in [3.63, 3.8) is 0 Å². The molecule has 3 nitrogen and oxygen atoms in total. The maximum Gasteiger partial charge on any atom is 0.107 e. The Morgan fingerprint density at radius 3 is 2.70 bits per heavy atom. The van der Waals surface area contributed by atoms with Crippen molar-refractivity contribution in [2.75, 3.05) is 32.0 Å². The first kappa shape index (κ1) is 15.7. The van der Waals surface area contributed by atoms with Crippen LogP contribution in [0.1, 0.15) is 25.3 Å². The van der Waals surface area contributed by atoms with E-state index in [1.54, 1.807) is 0 Å².